The molecule has 0 aromatic heterocycles. The van der Waals surface area contributed by atoms with Crippen molar-refractivity contribution in [3.63, 3.8) is 0 Å². The molecule has 4 nitrogen and oxygen atoms in total. The zero-order valence-corrected chi connectivity index (χ0v) is 17.7. The van der Waals surface area contributed by atoms with Crippen LogP contribution >= 0.6 is 23.4 Å². The molecule has 0 unspecified atom stereocenters. The van der Waals surface area contributed by atoms with E-state index in [0.29, 0.717) is 22.2 Å². The number of thioether (sulfide) groups is 1. The molecule has 0 saturated carbocycles. The number of rotatable bonds is 5. The summed E-state index contributed by atoms with van der Waals surface area (Å²) >= 11 is 6.81. The Morgan fingerprint density at radius 3 is 2.43 bits per heavy atom. The first-order chi connectivity index (χ1) is 14.5. The van der Waals surface area contributed by atoms with Gasteiger partial charge in [0.2, 0.25) is 0 Å². The minimum absolute atomic E-state index is 0.327. The number of imide groups is 1. The van der Waals surface area contributed by atoms with Crippen LogP contribution in [0.2, 0.25) is 5.02 Å². The first kappa shape index (κ1) is 20.3. The van der Waals surface area contributed by atoms with E-state index in [1.165, 1.54) is 5.56 Å². The van der Waals surface area contributed by atoms with E-state index in [-0.39, 0.29) is 11.1 Å². The summed E-state index contributed by atoms with van der Waals surface area (Å²) in [4.78, 5) is 26.6. The Kier molecular flexibility index (Phi) is 5.93. The zero-order chi connectivity index (χ0) is 21.1. The van der Waals surface area contributed by atoms with Gasteiger partial charge in [0.1, 0.15) is 12.4 Å². The van der Waals surface area contributed by atoms with Crippen LogP contribution in [0.15, 0.2) is 77.7 Å². The highest BCUT2D eigenvalue weighted by Gasteiger charge is 2.36. The molecule has 150 valence electrons. The number of carbonyl (C=O) groups is 2. The van der Waals surface area contributed by atoms with E-state index >= 15 is 0 Å². The van der Waals surface area contributed by atoms with Gasteiger partial charge in [-0.3, -0.25) is 9.59 Å². The average molecular weight is 436 g/mol. The van der Waals surface area contributed by atoms with Gasteiger partial charge in [0.25, 0.3) is 11.1 Å². The van der Waals surface area contributed by atoms with Crippen LogP contribution in [0.4, 0.5) is 10.5 Å². The molecular weight excluding hydrogens is 418 g/mol. The van der Waals surface area contributed by atoms with Crippen molar-refractivity contribution >= 4 is 46.3 Å². The largest absolute Gasteiger partial charge is 0.489 e. The van der Waals surface area contributed by atoms with Crippen LogP contribution in [0, 0.1) is 6.92 Å². The summed E-state index contributed by atoms with van der Waals surface area (Å²) in [5.74, 6) is 0.398. The quantitative estimate of drug-likeness (QED) is 0.431. The number of carbonyl (C=O) groups excluding carboxylic acids is 2. The molecule has 0 spiro atoms. The molecule has 0 atom stereocenters. The number of anilines is 1. The Labute approximate surface area is 184 Å². The molecular formula is C24H18ClNO3S. The number of benzene rings is 3. The van der Waals surface area contributed by atoms with Gasteiger partial charge < -0.3 is 4.74 Å². The molecule has 4 rings (SSSR count). The number of hydrogen-bond donors (Lipinski definition) is 0. The van der Waals surface area contributed by atoms with Gasteiger partial charge in [-0.25, -0.2) is 4.90 Å². The monoisotopic (exact) mass is 435 g/mol. The van der Waals surface area contributed by atoms with Gasteiger partial charge in [-0.1, -0.05) is 53.6 Å². The molecule has 3 aromatic rings. The van der Waals surface area contributed by atoms with Crippen LogP contribution in [0.25, 0.3) is 6.08 Å². The Morgan fingerprint density at radius 1 is 1.00 bits per heavy atom. The van der Waals surface area contributed by atoms with Gasteiger partial charge in [0.05, 0.1) is 10.6 Å². The molecule has 2 amide bonds. The third-order valence-electron chi connectivity index (χ3n) is 4.54. The number of nitrogens with zero attached hydrogens (tertiary/aromatic N) is 1. The maximum atomic E-state index is 12.7. The molecule has 6 heteroatoms. The van der Waals surface area contributed by atoms with Gasteiger partial charge in [-0.2, -0.15) is 0 Å². The van der Waals surface area contributed by atoms with Gasteiger partial charge in [0.15, 0.2) is 0 Å². The van der Waals surface area contributed by atoms with Crippen molar-refractivity contribution in [2.24, 2.45) is 0 Å². The maximum absolute atomic E-state index is 12.7. The van der Waals surface area contributed by atoms with E-state index in [9.17, 15) is 9.59 Å². The number of ether oxygens (including phenoxy) is 1. The van der Waals surface area contributed by atoms with E-state index in [0.717, 1.165) is 33.5 Å². The van der Waals surface area contributed by atoms with Crippen molar-refractivity contribution in [3.05, 3.63) is 99.4 Å². The van der Waals surface area contributed by atoms with Crippen molar-refractivity contribution in [1.82, 2.24) is 0 Å². The van der Waals surface area contributed by atoms with Crippen LogP contribution in [0.5, 0.6) is 5.75 Å². The number of amides is 2. The Morgan fingerprint density at radius 2 is 1.73 bits per heavy atom. The predicted molar refractivity (Wildman–Crippen MR) is 122 cm³/mol. The molecule has 1 fully saturated rings. The SMILES string of the molecule is Cc1cccc(COc2ccc(/C=C3/SC(=O)N(c4ccc(Cl)cc4)C3=O)cc2)c1. The van der Waals surface area contributed by atoms with E-state index in [1.54, 1.807) is 30.3 Å². The Balaban J connectivity index is 1.45. The lowest BCUT2D eigenvalue weighted by molar-refractivity contribution is -0.113. The van der Waals surface area contributed by atoms with Crippen molar-refractivity contribution in [1.29, 1.82) is 0 Å². The highest BCUT2D eigenvalue weighted by atomic mass is 35.5. The summed E-state index contributed by atoms with van der Waals surface area (Å²) in [6.45, 7) is 2.54. The fraction of sp³-hybridized carbons (Fsp3) is 0.0833. The summed E-state index contributed by atoms with van der Waals surface area (Å²) < 4.78 is 5.83. The van der Waals surface area contributed by atoms with Crippen molar-refractivity contribution in [2.75, 3.05) is 4.90 Å². The molecule has 3 aromatic carbocycles. The fourth-order valence-corrected chi connectivity index (χ4v) is 4.03. The highest BCUT2D eigenvalue weighted by molar-refractivity contribution is 8.19. The summed E-state index contributed by atoms with van der Waals surface area (Å²) in [6, 6.07) is 22.2. The second-order valence-electron chi connectivity index (χ2n) is 6.84. The molecule has 1 saturated heterocycles. The fourth-order valence-electron chi connectivity index (χ4n) is 3.06. The third-order valence-corrected chi connectivity index (χ3v) is 5.67. The maximum Gasteiger partial charge on any atom is 0.298 e. The number of hydrogen-bond acceptors (Lipinski definition) is 4. The zero-order valence-electron chi connectivity index (χ0n) is 16.2. The van der Waals surface area contributed by atoms with E-state index in [4.69, 9.17) is 16.3 Å². The molecule has 0 radical (unpaired) electrons. The van der Waals surface area contributed by atoms with Gasteiger partial charge in [-0.15, -0.1) is 0 Å². The Bertz CT molecular complexity index is 1120. The van der Waals surface area contributed by atoms with Crippen LogP contribution in [-0.4, -0.2) is 11.1 Å². The molecule has 1 heterocycles. The van der Waals surface area contributed by atoms with Gasteiger partial charge in [0, 0.05) is 5.02 Å². The van der Waals surface area contributed by atoms with Crippen LogP contribution in [-0.2, 0) is 11.4 Å². The average Bonchev–Trinajstić information content (AvgIpc) is 3.01. The van der Waals surface area contributed by atoms with Crippen molar-refractivity contribution in [2.45, 2.75) is 13.5 Å². The smallest absolute Gasteiger partial charge is 0.298 e. The van der Waals surface area contributed by atoms with Crippen molar-refractivity contribution in [3.8, 4) is 5.75 Å². The molecule has 1 aliphatic heterocycles. The minimum atomic E-state index is -0.341. The molecule has 0 aliphatic carbocycles. The highest BCUT2D eigenvalue weighted by Crippen LogP contribution is 2.36. The lowest BCUT2D eigenvalue weighted by Gasteiger charge is -2.12. The lowest BCUT2D eigenvalue weighted by Crippen LogP contribution is -2.27. The predicted octanol–water partition coefficient (Wildman–Crippen LogP) is 6.47. The standard InChI is InChI=1S/C24H18ClNO3S/c1-16-3-2-4-18(13-16)15-29-21-11-5-17(6-12-21)14-22-23(27)26(24(28)30-22)20-9-7-19(25)8-10-20/h2-14H,15H2,1H3/b22-14+. The van der Waals surface area contributed by atoms with Gasteiger partial charge >= 0.3 is 0 Å². The first-order valence-corrected chi connectivity index (χ1v) is 10.5. The van der Waals surface area contributed by atoms with E-state index < -0.39 is 0 Å². The number of halogens is 1. The molecule has 0 bridgehead atoms. The van der Waals surface area contributed by atoms with Crippen LogP contribution in [0.1, 0.15) is 16.7 Å². The summed E-state index contributed by atoms with van der Waals surface area (Å²) in [5, 5.41) is 0.220. The summed E-state index contributed by atoms with van der Waals surface area (Å²) in [5.41, 5.74) is 3.62. The second-order valence-corrected chi connectivity index (χ2v) is 8.27. The molecule has 30 heavy (non-hydrogen) atoms. The van der Waals surface area contributed by atoms with Gasteiger partial charge in [-0.05, 0) is 72.3 Å². The lowest BCUT2D eigenvalue weighted by atomic mass is 10.1. The topological polar surface area (TPSA) is 46.6 Å². The third kappa shape index (κ3) is 4.58. The summed E-state index contributed by atoms with van der Waals surface area (Å²) in [6.07, 6.45) is 1.71. The van der Waals surface area contributed by atoms with Crippen LogP contribution in [0.3, 0.4) is 0 Å². The van der Waals surface area contributed by atoms with E-state index in [1.807, 2.05) is 49.4 Å². The minimum Gasteiger partial charge on any atom is -0.489 e. The molecule has 0 N–H and O–H groups in total. The first-order valence-electron chi connectivity index (χ1n) is 9.31. The second kappa shape index (κ2) is 8.78. The summed E-state index contributed by atoms with van der Waals surface area (Å²) in [7, 11) is 0. The molecule has 1 aliphatic rings. The number of aryl methyl sites for hydroxylation is 1. The Hall–Kier alpha value is -3.02. The van der Waals surface area contributed by atoms with E-state index in [2.05, 4.69) is 6.07 Å². The van der Waals surface area contributed by atoms with Crippen molar-refractivity contribution < 1.29 is 14.3 Å². The van der Waals surface area contributed by atoms with Crippen LogP contribution < -0.4 is 9.64 Å². The normalized spacial score (nSPS) is 15.1.